The monoisotopic (exact) mass is 507 g/mol. The van der Waals surface area contributed by atoms with E-state index < -0.39 is 42.3 Å². The molecule has 1 aliphatic rings. The van der Waals surface area contributed by atoms with Crippen molar-refractivity contribution < 1.29 is 20.1 Å². The predicted molar refractivity (Wildman–Crippen MR) is 137 cm³/mol. The first kappa shape index (κ1) is 28.2. The van der Waals surface area contributed by atoms with E-state index in [0.717, 1.165) is 19.3 Å². The van der Waals surface area contributed by atoms with Crippen LogP contribution in [-0.4, -0.2) is 66.3 Å². The van der Waals surface area contributed by atoms with Gasteiger partial charge < -0.3 is 25.4 Å². The minimum atomic E-state index is -1.41. The Kier molecular flexibility index (Phi) is 11.3. The molecular weight excluding hydrogens is 466 g/mol. The summed E-state index contributed by atoms with van der Waals surface area (Å²) in [5.41, 5.74) is -1.63. The van der Waals surface area contributed by atoms with Crippen molar-refractivity contribution in [2.75, 3.05) is 18.5 Å². The first-order valence-electron chi connectivity index (χ1n) is 13.4. The summed E-state index contributed by atoms with van der Waals surface area (Å²) >= 11 is 0. The number of aromatic nitrogens is 4. The molecule has 0 aliphatic carbocycles. The van der Waals surface area contributed by atoms with Gasteiger partial charge in [0.15, 0.2) is 11.7 Å². The van der Waals surface area contributed by atoms with Crippen molar-refractivity contribution in [3.05, 3.63) is 27.0 Å². The summed E-state index contributed by atoms with van der Waals surface area (Å²) in [4.78, 5) is 36.0. The molecule has 202 valence electrons. The Bertz CT molecular complexity index is 1060. The lowest BCUT2D eigenvalue weighted by molar-refractivity contribution is -0.0509. The Morgan fingerprint density at radius 1 is 0.972 bits per heavy atom. The number of hydrogen-bond acceptors (Lipinski definition) is 9. The number of aliphatic hydroxyl groups excluding tert-OH is 3. The molecule has 0 aromatic carbocycles. The Hall–Kier alpha value is -2.34. The maximum atomic E-state index is 12.9. The first-order valence-corrected chi connectivity index (χ1v) is 13.4. The fraction of sp³-hybridized carbons (Fsp3) is 0.760. The first-order chi connectivity index (χ1) is 17.5. The van der Waals surface area contributed by atoms with Crippen molar-refractivity contribution in [3.63, 3.8) is 0 Å². The Balaban J connectivity index is 1.48. The van der Waals surface area contributed by atoms with Gasteiger partial charge in [-0.1, -0.05) is 77.6 Å². The summed E-state index contributed by atoms with van der Waals surface area (Å²) in [5, 5.41) is 32.7. The molecule has 0 unspecified atom stereocenters. The van der Waals surface area contributed by atoms with Crippen molar-refractivity contribution in [1.82, 2.24) is 19.5 Å². The molecule has 0 bridgehead atoms. The molecule has 11 heteroatoms. The number of imidazole rings is 1. The van der Waals surface area contributed by atoms with Gasteiger partial charge in [-0.3, -0.25) is 19.1 Å². The van der Waals surface area contributed by atoms with Crippen LogP contribution in [0.25, 0.3) is 11.0 Å². The number of nitrogens with zero attached hydrogens (tertiary/aromatic N) is 3. The molecule has 0 saturated carbocycles. The van der Waals surface area contributed by atoms with E-state index in [4.69, 9.17) is 4.74 Å². The van der Waals surface area contributed by atoms with Gasteiger partial charge in [0.1, 0.15) is 23.8 Å². The van der Waals surface area contributed by atoms with Crippen molar-refractivity contribution in [3.8, 4) is 0 Å². The lowest BCUT2D eigenvalue weighted by Gasteiger charge is -2.16. The van der Waals surface area contributed by atoms with E-state index in [1.54, 1.807) is 0 Å². The van der Waals surface area contributed by atoms with Gasteiger partial charge in [0.2, 0.25) is 5.95 Å². The van der Waals surface area contributed by atoms with Crippen LogP contribution in [0.4, 0.5) is 5.95 Å². The normalized spacial score (nSPS) is 21.9. The minimum Gasteiger partial charge on any atom is -0.394 e. The number of fused-ring (bicyclic) bond motifs is 1. The molecule has 0 radical (unpaired) electrons. The third-order valence-electron chi connectivity index (χ3n) is 6.77. The van der Waals surface area contributed by atoms with Crippen molar-refractivity contribution in [2.45, 2.75) is 109 Å². The number of aliphatic hydroxyl groups is 3. The number of ether oxygens (including phenoxy) is 1. The quantitative estimate of drug-likeness (QED) is 0.214. The van der Waals surface area contributed by atoms with Gasteiger partial charge in [-0.25, -0.2) is 4.98 Å². The number of aromatic amines is 1. The van der Waals surface area contributed by atoms with E-state index >= 15 is 0 Å². The van der Waals surface area contributed by atoms with Crippen LogP contribution in [0, 0.1) is 0 Å². The van der Waals surface area contributed by atoms with Crippen LogP contribution in [-0.2, 0) is 4.74 Å². The number of H-pyrrole nitrogens is 1. The molecule has 1 aliphatic heterocycles. The SMILES string of the molecule is CCCCCCCCCCCCCCNc1nc(=O)c2ncn([C@@H]3O[C@H](CO)[C@H](O)[C@H]3O)c2c(=O)[nH]1. The second-order valence-corrected chi connectivity index (χ2v) is 9.61. The van der Waals surface area contributed by atoms with Crippen LogP contribution in [0.2, 0.25) is 0 Å². The van der Waals surface area contributed by atoms with Crippen molar-refractivity contribution >= 4 is 17.0 Å². The number of nitrogens with one attached hydrogen (secondary N) is 2. The number of hydrogen-bond donors (Lipinski definition) is 5. The molecule has 4 atom stereocenters. The zero-order valence-electron chi connectivity index (χ0n) is 21.2. The van der Waals surface area contributed by atoms with E-state index in [2.05, 4.69) is 27.2 Å². The highest BCUT2D eigenvalue weighted by atomic mass is 16.6. The molecule has 1 saturated heterocycles. The van der Waals surface area contributed by atoms with Gasteiger partial charge in [-0.15, -0.1) is 0 Å². The van der Waals surface area contributed by atoms with Gasteiger partial charge in [-0.05, 0) is 6.42 Å². The highest BCUT2D eigenvalue weighted by Gasteiger charge is 2.44. The molecule has 0 spiro atoms. The second-order valence-electron chi connectivity index (χ2n) is 9.61. The largest absolute Gasteiger partial charge is 0.394 e. The topological polar surface area (TPSA) is 163 Å². The number of unbranched alkanes of at least 4 members (excludes halogenated alkanes) is 11. The minimum absolute atomic E-state index is 0.0544. The van der Waals surface area contributed by atoms with Gasteiger partial charge in [0.25, 0.3) is 5.56 Å². The van der Waals surface area contributed by atoms with Crippen LogP contribution >= 0.6 is 0 Å². The average molecular weight is 508 g/mol. The second kappa shape index (κ2) is 14.4. The third-order valence-corrected chi connectivity index (χ3v) is 6.77. The lowest BCUT2D eigenvalue weighted by Crippen LogP contribution is -2.33. The summed E-state index contributed by atoms with van der Waals surface area (Å²) < 4.78 is 6.67. The molecule has 3 heterocycles. The van der Waals surface area contributed by atoms with Crippen LogP contribution in [0.5, 0.6) is 0 Å². The van der Waals surface area contributed by atoms with Crippen LogP contribution < -0.4 is 16.4 Å². The van der Waals surface area contributed by atoms with Crippen LogP contribution in [0.3, 0.4) is 0 Å². The highest BCUT2D eigenvalue weighted by Crippen LogP contribution is 2.30. The van der Waals surface area contributed by atoms with Gasteiger partial charge in [-0.2, -0.15) is 4.98 Å². The van der Waals surface area contributed by atoms with E-state index in [0.29, 0.717) is 6.54 Å². The molecule has 5 N–H and O–H groups in total. The Labute approximate surface area is 210 Å². The summed E-state index contributed by atoms with van der Waals surface area (Å²) in [6.45, 7) is 2.30. The molecule has 2 aromatic rings. The van der Waals surface area contributed by atoms with Crippen LogP contribution in [0.15, 0.2) is 15.9 Å². The van der Waals surface area contributed by atoms with E-state index in [1.807, 2.05) is 0 Å². The Morgan fingerprint density at radius 2 is 1.58 bits per heavy atom. The molecule has 1 fully saturated rings. The van der Waals surface area contributed by atoms with Crippen LogP contribution in [0.1, 0.15) is 90.2 Å². The average Bonchev–Trinajstić information content (AvgIpc) is 3.39. The summed E-state index contributed by atoms with van der Waals surface area (Å²) in [6.07, 6.45) is 11.1. The lowest BCUT2D eigenvalue weighted by atomic mass is 10.1. The van der Waals surface area contributed by atoms with Gasteiger partial charge in [0, 0.05) is 6.54 Å². The molecule has 11 nitrogen and oxygen atoms in total. The molecule has 3 rings (SSSR count). The Morgan fingerprint density at radius 3 is 2.17 bits per heavy atom. The zero-order valence-corrected chi connectivity index (χ0v) is 21.2. The van der Waals surface area contributed by atoms with Crippen molar-refractivity contribution in [1.29, 1.82) is 0 Å². The van der Waals surface area contributed by atoms with E-state index in [9.17, 15) is 24.9 Å². The fourth-order valence-corrected chi connectivity index (χ4v) is 4.65. The van der Waals surface area contributed by atoms with Gasteiger partial charge >= 0.3 is 5.56 Å². The standard InChI is InChI=1S/C25H41N5O6/c1-2-3-4-5-6-7-8-9-10-11-12-13-14-26-25-28-22(34)18-19(23(35)29-25)30(16-27-18)24-21(33)20(32)17(15-31)36-24/h16-17,20-21,24,31-33H,2-15H2,1H3,(H2,26,28,29,34,35)/t17-,20+,21-,24-/m1/s1. The maximum Gasteiger partial charge on any atom is 0.301 e. The zero-order chi connectivity index (χ0) is 25.9. The third kappa shape index (κ3) is 7.34. The maximum absolute atomic E-state index is 12.9. The molecule has 36 heavy (non-hydrogen) atoms. The number of anilines is 1. The fourth-order valence-electron chi connectivity index (χ4n) is 4.65. The van der Waals surface area contributed by atoms with E-state index in [-0.39, 0.29) is 17.0 Å². The summed E-state index contributed by atoms with van der Waals surface area (Å²) in [6, 6.07) is 0. The van der Waals surface area contributed by atoms with Gasteiger partial charge in [0.05, 0.1) is 12.9 Å². The highest BCUT2D eigenvalue weighted by molar-refractivity contribution is 5.73. The molecule has 2 aromatic heterocycles. The summed E-state index contributed by atoms with van der Waals surface area (Å²) in [5.74, 6) is 0.0544. The van der Waals surface area contributed by atoms with Crippen molar-refractivity contribution in [2.24, 2.45) is 0 Å². The molecular formula is C25H41N5O6. The molecule has 0 amide bonds. The smallest absolute Gasteiger partial charge is 0.301 e. The predicted octanol–water partition coefficient (Wildman–Crippen LogP) is 2.20. The summed E-state index contributed by atoms with van der Waals surface area (Å²) in [7, 11) is 0. The van der Waals surface area contributed by atoms with E-state index in [1.165, 1.54) is 68.7 Å². The number of rotatable bonds is 16.